The molecule has 210 valence electrons. The molecule has 0 saturated carbocycles. The number of fused-ring (bicyclic) bond motifs is 1. The summed E-state index contributed by atoms with van der Waals surface area (Å²) in [6, 6.07) is 0. The summed E-state index contributed by atoms with van der Waals surface area (Å²) in [6.07, 6.45) is -8.83. The van der Waals surface area contributed by atoms with Crippen LogP contribution in [0.15, 0.2) is 0 Å². The fraction of sp³-hybridized carbons (Fsp3) is 0.826. The molecule has 0 aliphatic carbocycles. The minimum absolute atomic E-state index is 0.131. The van der Waals surface area contributed by atoms with Crippen molar-refractivity contribution in [3.05, 3.63) is 0 Å². The Bertz CT molecular complexity index is 858. The molecule has 0 radical (unpaired) electrons. The van der Waals surface area contributed by atoms with Crippen LogP contribution in [0.2, 0.25) is 0 Å². The highest BCUT2D eigenvalue weighted by Gasteiger charge is 2.57. The Hall–Kier alpha value is -2.36. The number of methoxy groups -OCH3 is 1. The maximum atomic E-state index is 11.9. The van der Waals surface area contributed by atoms with Crippen molar-refractivity contribution in [3.8, 4) is 0 Å². The highest BCUT2D eigenvalue weighted by molar-refractivity contribution is 5.68. The minimum atomic E-state index is -1.34. The number of hydrogen-bond donors (Lipinski definition) is 0. The number of carbonyl (C=O) groups is 4. The van der Waals surface area contributed by atoms with E-state index >= 15 is 0 Å². The predicted molar refractivity (Wildman–Crippen MR) is 117 cm³/mol. The van der Waals surface area contributed by atoms with Crippen molar-refractivity contribution < 1.29 is 66.5 Å². The van der Waals surface area contributed by atoms with E-state index in [1.165, 1.54) is 14.0 Å². The molecule has 0 N–H and O–H groups in total. The lowest BCUT2D eigenvalue weighted by Crippen LogP contribution is -2.63. The predicted octanol–water partition coefficient (Wildman–Crippen LogP) is -0.0225. The van der Waals surface area contributed by atoms with E-state index in [4.69, 9.17) is 47.4 Å². The van der Waals surface area contributed by atoms with Crippen molar-refractivity contribution >= 4 is 23.9 Å². The molecule has 3 fully saturated rings. The van der Waals surface area contributed by atoms with Gasteiger partial charge < -0.3 is 47.4 Å². The Kier molecular flexibility index (Phi) is 9.47. The van der Waals surface area contributed by atoms with Gasteiger partial charge in [0.15, 0.2) is 36.7 Å². The molecular formula is C23H34O14. The van der Waals surface area contributed by atoms with Gasteiger partial charge in [0.05, 0.1) is 6.61 Å². The smallest absolute Gasteiger partial charge is 0.303 e. The summed E-state index contributed by atoms with van der Waals surface area (Å²) in [7, 11) is 1.47. The van der Waals surface area contributed by atoms with Crippen LogP contribution in [-0.4, -0.2) is 105 Å². The van der Waals surface area contributed by atoms with Crippen molar-refractivity contribution in [2.24, 2.45) is 0 Å². The Morgan fingerprint density at radius 1 is 0.676 bits per heavy atom. The van der Waals surface area contributed by atoms with E-state index in [-0.39, 0.29) is 13.2 Å². The van der Waals surface area contributed by atoms with Crippen LogP contribution in [-0.2, 0) is 66.5 Å². The third kappa shape index (κ3) is 7.36. The molecule has 37 heavy (non-hydrogen) atoms. The average molecular weight is 535 g/mol. The number of rotatable bonds is 9. The molecule has 3 rings (SSSR count). The lowest BCUT2D eigenvalue weighted by atomic mass is 9.98. The van der Waals surface area contributed by atoms with Crippen LogP contribution >= 0.6 is 0 Å². The van der Waals surface area contributed by atoms with Crippen molar-refractivity contribution in [1.82, 2.24) is 0 Å². The second-order valence-electron chi connectivity index (χ2n) is 9.24. The standard InChI is InChI=1S/C23H34O14/c1-10(24)29-8-14-16(31-11(2)25)18(32-12(3)26)19(33-13(4)27)22(35-14)30-9-15-17-20(21(28-7)34-15)37-23(5,6)36-17/h14-22H,8-9H2,1-7H3/t14-,15-,16-,17-,18+,19-,20-,21-,22-/m1/s1. The Morgan fingerprint density at radius 2 is 1.22 bits per heavy atom. The quantitative estimate of drug-likeness (QED) is 0.287. The largest absolute Gasteiger partial charge is 0.463 e. The van der Waals surface area contributed by atoms with Gasteiger partial charge in [-0.3, -0.25) is 19.2 Å². The third-order valence-electron chi connectivity index (χ3n) is 5.71. The van der Waals surface area contributed by atoms with Gasteiger partial charge in [0, 0.05) is 34.8 Å². The highest BCUT2D eigenvalue weighted by Crippen LogP contribution is 2.39. The molecule has 0 amide bonds. The summed E-state index contributed by atoms with van der Waals surface area (Å²) >= 11 is 0. The molecule has 3 aliphatic heterocycles. The molecule has 0 aromatic rings. The summed E-state index contributed by atoms with van der Waals surface area (Å²) in [6.45, 7) is 7.64. The van der Waals surface area contributed by atoms with E-state index in [9.17, 15) is 19.2 Å². The second-order valence-corrected chi connectivity index (χ2v) is 9.24. The van der Waals surface area contributed by atoms with Gasteiger partial charge >= 0.3 is 23.9 Å². The van der Waals surface area contributed by atoms with Gasteiger partial charge in [0.2, 0.25) is 0 Å². The summed E-state index contributed by atoms with van der Waals surface area (Å²) in [5, 5.41) is 0. The molecule has 0 aromatic carbocycles. The van der Waals surface area contributed by atoms with E-state index in [1.807, 2.05) is 0 Å². The van der Waals surface area contributed by atoms with Crippen LogP contribution in [0, 0.1) is 0 Å². The summed E-state index contributed by atoms with van der Waals surface area (Å²) in [5.74, 6) is -3.69. The van der Waals surface area contributed by atoms with Gasteiger partial charge in [0.25, 0.3) is 0 Å². The molecule has 14 nitrogen and oxygen atoms in total. The Morgan fingerprint density at radius 3 is 1.78 bits per heavy atom. The summed E-state index contributed by atoms with van der Waals surface area (Å²) < 4.78 is 56.1. The lowest BCUT2D eigenvalue weighted by molar-refractivity contribution is -0.315. The second kappa shape index (κ2) is 12.0. The first kappa shape index (κ1) is 29.2. The van der Waals surface area contributed by atoms with Crippen LogP contribution in [0.5, 0.6) is 0 Å². The monoisotopic (exact) mass is 534 g/mol. The Balaban J connectivity index is 1.85. The number of carbonyl (C=O) groups excluding carboxylic acids is 4. The van der Waals surface area contributed by atoms with Gasteiger partial charge in [-0.05, 0) is 13.8 Å². The first-order chi connectivity index (χ1) is 17.3. The molecule has 0 spiro atoms. The van der Waals surface area contributed by atoms with E-state index in [0.29, 0.717) is 0 Å². The maximum absolute atomic E-state index is 11.9. The van der Waals surface area contributed by atoms with Crippen molar-refractivity contribution in [1.29, 1.82) is 0 Å². The van der Waals surface area contributed by atoms with Crippen LogP contribution in [0.4, 0.5) is 0 Å². The van der Waals surface area contributed by atoms with Crippen LogP contribution in [0.1, 0.15) is 41.5 Å². The molecular weight excluding hydrogens is 500 g/mol. The fourth-order valence-corrected chi connectivity index (χ4v) is 4.48. The van der Waals surface area contributed by atoms with Crippen LogP contribution in [0.25, 0.3) is 0 Å². The molecule has 3 aliphatic rings. The van der Waals surface area contributed by atoms with E-state index in [1.54, 1.807) is 13.8 Å². The highest BCUT2D eigenvalue weighted by atomic mass is 16.8. The van der Waals surface area contributed by atoms with Crippen molar-refractivity contribution in [3.63, 3.8) is 0 Å². The van der Waals surface area contributed by atoms with Gasteiger partial charge in [-0.25, -0.2) is 0 Å². The molecule has 0 unspecified atom stereocenters. The fourth-order valence-electron chi connectivity index (χ4n) is 4.48. The first-order valence-electron chi connectivity index (χ1n) is 11.8. The molecule has 3 saturated heterocycles. The zero-order valence-electron chi connectivity index (χ0n) is 21.8. The molecule has 9 atom stereocenters. The van der Waals surface area contributed by atoms with E-state index in [0.717, 1.165) is 20.8 Å². The van der Waals surface area contributed by atoms with Gasteiger partial charge in [-0.1, -0.05) is 0 Å². The Labute approximate surface area is 214 Å². The molecule has 3 heterocycles. The first-order valence-corrected chi connectivity index (χ1v) is 11.8. The van der Waals surface area contributed by atoms with E-state index < -0.39 is 85.0 Å². The molecule has 0 aromatic heterocycles. The van der Waals surface area contributed by atoms with E-state index in [2.05, 4.69) is 0 Å². The zero-order valence-corrected chi connectivity index (χ0v) is 21.8. The molecule has 14 heteroatoms. The van der Waals surface area contributed by atoms with Crippen LogP contribution < -0.4 is 0 Å². The maximum Gasteiger partial charge on any atom is 0.303 e. The average Bonchev–Trinajstić information content (AvgIpc) is 3.26. The third-order valence-corrected chi connectivity index (χ3v) is 5.71. The van der Waals surface area contributed by atoms with Gasteiger partial charge in [-0.15, -0.1) is 0 Å². The van der Waals surface area contributed by atoms with Gasteiger partial charge in [0.1, 0.15) is 31.0 Å². The number of ether oxygens (including phenoxy) is 10. The van der Waals surface area contributed by atoms with Crippen molar-refractivity contribution in [2.45, 2.75) is 103 Å². The van der Waals surface area contributed by atoms with Crippen LogP contribution in [0.3, 0.4) is 0 Å². The molecule has 0 bridgehead atoms. The zero-order chi connectivity index (χ0) is 27.5. The lowest BCUT2D eigenvalue weighted by Gasteiger charge is -2.44. The van der Waals surface area contributed by atoms with Crippen molar-refractivity contribution in [2.75, 3.05) is 20.3 Å². The normalized spacial score (nSPS) is 36.4. The minimum Gasteiger partial charge on any atom is -0.463 e. The van der Waals surface area contributed by atoms with Gasteiger partial charge in [-0.2, -0.15) is 0 Å². The number of esters is 4. The SMILES string of the molecule is CO[C@@H]1O[C@H](CO[C@@H]2O[C@H](COC(C)=O)[C@@H](OC(C)=O)[C@H](OC(C)=O)[C@H]2OC(C)=O)[C@H]2OC(C)(C)O[C@@H]12. The summed E-state index contributed by atoms with van der Waals surface area (Å²) in [4.78, 5) is 47.2. The topological polar surface area (TPSA) is 161 Å². The number of hydrogen-bond acceptors (Lipinski definition) is 14. The summed E-state index contributed by atoms with van der Waals surface area (Å²) in [5.41, 5.74) is 0.